The summed E-state index contributed by atoms with van der Waals surface area (Å²) >= 11 is 0. The van der Waals surface area contributed by atoms with Gasteiger partial charge in [0, 0.05) is 0 Å². The van der Waals surface area contributed by atoms with Gasteiger partial charge in [0.05, 0.1) is 13.2 Å². The maximum Gasteiger partial charge on any atom is 0.406 e. The van der Waals surface area contributed by atoms with Crippen molar-refractivity contribution in [3.63, 3.8) is 0 Å². The Morgan fingerprint density at radius 2 is 1.03 bits per heavy atom. The van der Waals surface area contributed by atoms with Gasteiger partial charge in [0.25, 0.3) is 0 Å². The Balaban J connectivity index is 1.55. The monoisotopic (exact) mass is 456 g/mol. The molecule has 2 fully saturated rings. The molecule has 0 N–H and O–H groups in total. The molecule has 2 unspecified atom stereocenters. The van der Waals surface area contributed by atoms with Gasteiger partial charge >= 0.3 is 6.18 Å². The van der Waals surface area contributed by atoms with Gasteiger partial charge in [-0.05, 0) is 41.0 Å². The summed E-state index contributed by atoms with van der Waals surface area (Å²) < 4.78 is 66.7. The molecule has 2 atom stereocenters. The van der Waals surface area contributed by atoms with Crippen molar-refractivity contribution in [3.05, 3.63) is 95.6 Å². The van der Waals surface area contributed by atoms with Crippen molar-refractivity contribution in [1.29, 1.82) is 0 Å². The minimum absolute atomic E-state index is 0.0653. The Morgan fingerprint density at radius 3 is 1.39 bits per heavy atom. The first-order valence-electron chi connectivity index (χ1n) is 10.8. The van der Waals surface area contributed by atoms with Crippen LogP contribution in [-0.2, 0) is 14.9 Å². The van der Waals surface area contributed by atoms with E-state index in [2.05, 4.69) is 0 Å². The molecule has 7 heteroatoms. The first-order valence-corrected chi connectivity index (χ1v) is 10.8. The van der Waals surface area contributed by atoms with Crippen molar-refractivity contribution in [1.82, 2.24) is 0 Å². The van der Waals surface area contributed by atoms with Crippen LogP contribution in [0.3, 0.4) is 0 Å². The molecule has 0 radical (unpaired) electrons. The van der Waals surface area contributed by atoms with Crippen molar-refractivity contribution in [2.75, 3.05) is 26.4 Å². The first-order chi connectivity index (χ1) is 16.0. The molecular weight excluding hydrogens is 433 g/mol. The molecule has 0 amide bonds. The molecule has 2 heterocycles. The van der Waals surface area contributed by atoms with E-state index in [4.69, 9.17) is 18.9 Å². The topological polar surface area (TPSA) is 43.5 Å². The number of alkyl halides is 3. The molecular formula is C26H23F3O4. The Morgan fingerprint density at radius 1 is 0.636 bits per heavy atom. The molecule has 4 nitrogen and oxygen atoms in total. The van der Waals surface area contributed by atoms with E-state index in [0.717, 1.165) is 0 Å². The van der Waals surface area contributed by atoms with Gasteiger partial charge in [-0.2, -0.15) is 13.2 Å². The fourth-order valence-electron chi connectivity index (χ4n) is 3.99. The molecule has 0 spiro atoms. The summed E-state index contributed by atoms with van der Waals surface area (Å²) in [5.74, 6) is 1.01. The van der Waals surface area contributed by atoms with Crippen LogP contribution >= 0.6 is 0 Å². The molecule has 3 aromatic carbocycles. The van der Waals surface area contributed by atoms with Crippen LogP contribution in [0.2, 0.25) is 0 Å². The zero-order valence-corrected chi connectivity index (χ0v) is 17.8. The minimum atomic E-state index is -4.61. The van der Waals surface area contributed by atoms with Gasteiger partial charge in [-0.3, -0.25) is 0 Å². The third kappa shape index (κ3) is 4.56. The van der Waals surface area contributed by atoms with E-state index in [1.807, 2.05) is 0 Å². The van der Waals surface area contributed by atoms with E-state index < -0.39 is 11.6 Å². The predicted octanol–water partition coefficient (Wildman–Crippen LogP) is 5.14. The highest BCUT2D eigenvalue weighted by atomic mass is 19.4. The summed E-state index contributed by atoms with van der Waals surface area (Å²) in [4.78, 5) is 0. The van der Waals surface area contributed by atoms with Crippen LogP contribution in [0.25, 0.3) is 0 Å². The average Bonchev–Trinajstić information content (AvgIpc) is 3.74. The van der Waals surface area contributed by atoms with Crippen molar-refractivity contribution >= 4 is 0 Å². The third-order valence-corrected chi connectivity index (χ3v) is 5.88. The summed E-state index contributed by atoms with van der Waals surface area (Å²) in [6, 6.07) is 20.2. The molecule has 0 bridgehead atoms. The first kappa shape index (κ1) is 21.8. The van der Waals surface area contributed by atoms with Gasteiger partial charge in [0.2, 0.25) is 0 Å². The van der Waals surface area contributed by atoms with Crippen LogP contribution in [0.4, 0.5) is 13.2 Å². The quantitative estimate of drug-likeness (QED) is 0.330. The lowest BCUT2D eigenvalue weighted by molar-refractivity contribution is -0.166. The van der Waals surface area contributed by atoms with Crippen molar-refractivity contribution < 1.29 is 32.1 Å². The van der Waals surface area contributed by atoms with Crippen molar-refractivity contribution in [2.24, 2.45) is 0 Å². The lowest BCUT2D eigenvalue weighted by Crippen LogP contribution is -2.44. The lowest BCUT2D eigenvalue weighted by Gasteiger charge is -2.37. The van der Waals surface area contributed by atoms with E-state index in [0.29, 0.717) is 37.9 Å². The van der Waals surface area contributed by atoms with Crippen LogP contribution in [0.1, 0.15) is 16.7 Å². The van der Waals surface area contributed by atoms with Gasteiger partial charge in [0.15, 0.2) is 0 Å². The largest absolute Gasteiger partial charge is 0.491 e. The standard InChI is InChI=1S/C26H23F3O4/c27-26(28,29)25(18-4-2-1-3-5-18,19-6-10-21(11-7-19)30-14-23-16-32-23)20-8-12-22(13-9-20)31-15-24-17-33-24/h1-13,23-24H,14-17H2. The molecule has 0 aromatic heterocycles. The Kier molecular flexibility index (Phi) is 5.76. The highest BCUT2D eigenvalue weighted by molar-refractivity contribution is 5.54. The summed E-state index contributed by atoms with van der Waals surface area (Å²) in [7, 11) is 0. The molecule has 0 saturated carbocycles. The van der Waals surface area contributed by atoms with Gasteiger partial charge in [-0.15, -0.1) is 0 Å². The Bertz CT molecular complexity index is 998. The third-order valence-electron chi connectivity index (χ3n) is 5.88. The molecule has 3 aromatic rings. The fraction of sp³-hybridized carbons (Fsp3) is 0.308. The second kappa shape index (κ2) is 8.72. The van der Waals surface area contributed by atoms with Crippen LogP contribution in [0.15, 0.2) is 78.9 Å². The van der Waals surface area contributed by atoms with Crippen LogP contribution < -0.4 is 9.47 Å². The second-order valence-corrected chi connectivity index (χ2v) is 8.20. The predicted molar refractivity (Wildman–Crippen MR) is 116 cm³/mol. The number of epoxide rings is 2. The zero-order chi connectivity index (χ0) is 22.9. The molecule has 2 aliphatic heterocycles. The number of hydrogen-bond acceptors (Lipinski definition) is 4. The highest BCUT2D eigenvalue weighted by Gasteiger charge is 2.58. The maximum absolute atomic E-state index is 15.1. The normalized spacial score (nSPS) is 21.2. The van der Waals surface area contributed by atoms with Gasteiger partial charge in [0.1, 0.15) is 42.3 Å². The molecule has 0 aliphatic carbocycles. The zero-order valence-electron chi connectivity index (χ0n) is 17.8. The molecule has 33 heavy (non-hydrogen) atoms. The summed E-state index contributed by atoms with van der Waals surface area (Å²) in [5, 5.41) is 0. The van der Waals surface area contributed by atoms with Gasteiger partial charge < -0.3 is 18.9 Å². The minimum Gasteiger partial charge on any atom is -0.491 e. The lowest BCUT2D eigenvalue weighted by atomic mass is 9.69. The summed E-state index contributed by atoms with van der Waals surface area (Å²) in [6.45, 7) is 2.07. The van der Waals surface area contributed by atoms with E-state index in [1.54, 1.807) is 42.5 Å². The summed E-state index contributed by atoms with van der Waals surface area (Å²) in [5.41, 5.74) is -2.00. The molecule has 5 rings (SSSR count). The molecule has 2 aliphatic rings. The van der Waals surface area contributed by atoms with Crippen LogP contribution in [0, 0.1) is 0 Å². The second-order valence-electron chi connectivity index (χ2n) is 8.20. The maximum atomic E-state index is 15.1. The fourth-order valence-corrected chi connectivity index (χ4v) is 3.99. The number of benzene rings is 3. The SMILES string of the molecule is FC(F)(F)C(c1ccccc1)(c1ccc(OCC2CO2)cc1)c1ccc(OCC2CO2)cc1. The Labute approximate surface area is 189 Å². The van der Waals surface area contributed by atoms with Gasteiger partial charge in [-0.1, -0.05) is 54.6 Å². The van der Waals surface area contributed by atoms with E-state index in [1.165, 1.54) is 36.4 Å². The van der Waals surface area contributed by atoms with Crippen molar-refractivity contribution in [3.8, 4) is 11.5 Å². The van der Waals surface area contributed by atoms with E-state index >= 15 is 13.2 Å². The van der Waals surface area contributed by atoms with E-state index in [9.17, 15) is 0 Å². The summed E-state index contributed by atoms with van der Waals surface area (Å²) in [6.07, 6.45) is -4.48. The van der Waals surface area contributed by atoms with Crippen LogP contribution in [-0.4, -0.2) is 44.8 Å². The highest BCUT2D eigenvalue weighted by Crippen LogP contribution is 2.51. The average molecular weight is 456 g/mol. The molecule has 172 valence electrons. The molecule has 2 saturated heterocycles. The van der Waals surface area contributed by atoms with Gasteiger partial charge in [-0.25, -0.2) is 0 Å². The Hall–Kier alpha value is -3.03. The van der Waals surface area contributed by atoms with E-state index in [-0.39, 0.29) is 28.9 Å². The smallest absolute Gasteiger partial charge is 0.406 e. The number of hydrogen-bond donors (Lipinski definition) is 0. The van der Waals surface area contributed by atoms with Crippen LogP contribution in [0.5, 0.6) is 11.5 Å². The van der Waals surface area contributed by atoms with Crippen molar-refractivity contribution in [2.45, 2.75) is 23.8 Å². The number of halogens is 3. The number of rotatable bonds is 9. The number of ether oxygens (including phenoxy) is 4.